The molecule has 1 aromatic carbocycles. The molecule has 1 aromatic heterocycles. The number of nitriles is 1. The van der Waals surface area contributed by atoms with Gasteiger partial charge in [-0.3, -0.25) is 2.78 Å². The average molecular weight is 338 g/mol. The summed E-state index contributed by atoms with van der Waals surface area (Å²) >= 11 is 7.47. The molecule has 0 atom stereocenters. The van der Waals surface area contributed by atoms with E-state index in [9.17, 15) is 8.78 Å². The molecular weight excluding hydrogens is 336 g/mol. The number of benzene rings is 1. The van der Waals surface area contributed by atoms with Crippen LogP contribution in [0.25, 0.3) is 10.9 Å². The minimum absolute atomic E-state index is 0.00264. The van der Waals surface area contributed by atoms with Crippen molar-refractivity contribution >= 4 is 45.4 Å². The maximum atomic E-state index is 13.4. The van der Waals surface area contributed by atoms with Crippen LogP contribution in [-0.4, -0.2) is 2.78 Å². The lowest BCUT2D eigenvalue weighted by Crippen LogP contribution is -1.90. The zero-order valence-electron chi connectivity index (χ0n) is 7.06. The molecule has 0 aliphatic carbocycles. The summed E-state index contributed by atoms with van der Waals surface area (Å²) in [5, 5.41) is 9.16. The second-order valence-electron chi connectivity index (χ2n) is 2.84. The fraction of sp³-hybridized carbons (Fsp3) is 0. The Bertz CT molecular complexity index is 600. The monoisotopic (exact) mass is 338 g/mol. The quantitative estimate of drug-likeness (QED) is 0.532. The van der Waals surface area contributed by atoms with Crippen molar-refractivity contribution in [3.05, 3.63) is 34.5 Å². The molecule has 1 heterocycles. The lowest BCUT2D eigenvalue weighted by Gasteiger charge is -2.00. The summed E-state index contributed by atoms with van der Waals surface area (Å²) in [6.07, 6.45) is 0. The third-order valence-electron chi connectivity index (χ3n) is 1.99. The molecule has 0 unspecified atom stereocenters. The van der Waals surface area contributed by atoms with Crippen molar-refractivity contribution in [1.82, 2.24) is 2.78 Å². The van der Waals surface area contributed by atoms with Gasteiger partial charge in [0.05, 0.1) is 33.4 Å². The van der Waals surface area contributed by atoms with Crippen LogP contribution in [0, 0.1) is 23.0 Å². The number of aromatic nitrogens is 1. The molecule has 0 amide bonds. The van der Waals surface area contributed by atoms with Crippen LogP contribution in [0.4, 0.5) is 8.78 Å². The molecule has 6 heteroatoms. The molecule has 0 saturated heterocycles. The maximum Gasteiger partial charge on any atom is 0.183 e. The number of nitrogens with zero attached hydrogens (tertiary/aromatic N) is 2. The average Bonchev–Trinajstić information content (AvgIpc) is 2.53. The topological polar surface area (TPSA) is 28.7 Å². The standard InChI is InChI=1S/C9H2ClF2IN2/c10-6-2-7(11)8(12)9-5(6)1-4(3-14)15(9)13/h1-2H. The minimum atomic E-state index is -1.02. The first-order valence-corrected chi connectivity index (χ1v) is 5.15. The lowest BCUT2D eigenvalue weighted by molar-refractivity contribution is 0.515. The molecule has 0 saturated carbocycles. The highest BCUT2D eigenvalue weighted by atomic mass is 127. The van der Waals surface area contributed by atoms with Gasteiger partial charge in [-0.25, -0.2) is 8.78 Å². The lowest BCUT2D eigenvalue weighted by atomic mass is 10.2. The maximum absolute atomic E-state index is 13.4. The predicted octanol–water partition coefficient (Wildman–Crippen LogP) is 3.64. The van der Waals surface area contributed by atoms with Gasteiger partial charge in [0.25, 0.3) is 0 Å². The molecule has 0 aliphatic rings. The van der Waals surface area contributed by atoms with Crippen LogP contribution in [0.1, 0.15) is 5.69 Å². The smallest absolute Gasteiger partial charge is 0.183 e. The largest absolute Gasteiger partial charge is 0.270 e. The van der Waals surface area contributed by atoms with Gasteiger partial charge in [0.2, 0.25) is 0 Å². The molecule has 0 fully saturated rings. The van der Waals surface area contributed by atoms with E-state index >= 15 is 0 Å². The van der Waals surface area contributed by atoms with Crippen LogP contribution >= 0.6 is 34.5 Å². The van der Waals surface area contributed by atoms with Gasteiger partial charge in [0.1, 0.15) is 11.8 Å². The Morgan fingerprint density at radius 2 is 2.07 bits per heavy atom. The summed E-state index contributed by atoms with van der Waals surface area (Å²) in [6, 6.07) is 4.19. The summed E-state index contributed by atoms with van der Waals surface area (Å²) in [7, 11) is 0. The van der Waals surface area contributed by atoms with Crippen LogP contribution in [0.5, 0.6) is 0 Å². The first-order chi connectivity index (χ1) is 7.06. The van der Waals surface area contributed by atoms with Crippen LogP contribution in [-0.2, 0) is 0 Å². The zero-order valence-corrected chi connectivity index (χ0v) is 9.97. The van der Waals surface area contributed by atoms with Crippen molar-refractivity contribution in [2.75, 3.05) is 0 Å². The van der Waals surface area contributed by atoms with E-state index in [1.807, 2.05) is 6.07 Å². The number of hydrogen-bond donors (Lipinski definition) is 0. The van der Waals surface area contributed by atoms with E-state index in [1.54, 1.807) is 22.9 Å². The molecule has 15 heavy (non-hydrogen) atoms. The van der Waals surface area contributed by atoms with Gasteiger partial charge in [-0.1, -0.05) is 11.6 Å². The highest BCUT2D eigenvalue weighted by Gasteiger charge is 2.17. The molecule has 0 spiro atoms. The zero-order chi connectivity index (χ0) is 11.2. The second-order valence-corrected chi connectivity index (χ2v) is 4.21. The predicted molar refractivity (Wildman–Crippen MR) is 61.0 cm³/mol. The van der Waals surface area contributed by atoms with Crippen molar-refractivity contribution in [3.8, 4) is 6.07 Å². The van der Waals surface area contributed by atoms with Gasteiger partial charge < -0.3 is 0 Å². The van der Waals surface area contributed by atoms with Gasteiger partial charge in [0.15, 0.2) is 11.6 Å². The van der Waals surface area contributed by atoms with E-state index in [1.165, 1.54) is 8.85 Å². The summed E-state index contributed by atoms with van der Waals surface area (Å²) in [6.45, 7) is 0. The van der Waals surface area contributed by atoms with Gasteiger partial charge in [0, 0.05) is 5.39 Å². The van der Waals surface area contributed by atoms with Crippen molar-refractivity contribution in [2.45, 2.75) is 0 Å². The van der Waals surface area contributed by atoms with Crippen LogP contribution in [0.3, 0.4) is 0 Å². The molecule has 2 aromatic rings. The fourth-order valence-electron chi connectivity index (χ4n) is 1.32. The van der Waals surface area contributed by atoms with Gasteiger partial charge in [-0.2, -0.15) is 5.26 Å². The Balaban J connectivity index is 3.02. The van der Waals surface area contributed by atoms with Gasteiger partial charge in [-0.15, -0.1) is 0 Å². The number of fused-ring (bicyclic) bond motifs is 1. The molecule has 0 aliphatic heterocycles. The molecule has 2 nitrogen and oxygen atoms in total. The highest BCUT2D eigenvalue weighted by molar-refractivity contribution is 14.1. The Hall–Kier alpha value is -0.870. The van der Waals surface area contributed by atoms with Crippen molar-refractivity contribution in [3.63, 3.8) is 0 Å². The van der Waals surface area contributed by atoms with Crippen LogP contribution in [0.2, 0.25) is 5.02 Å². The Labute approximate surface area is 103 Å². The Morgan fingerprint density at radius 3 is 2.67 bits per heavy atom. The van der Waals surface area contributed by atoms with Crippen LogP contribution in [0.15, 0.2) is 12.1 Å². The molecule has 76 valence electrons. The molecule has 2 rings (SSSR count). The molecule has 0 bridgehead atoms. The summed E-state index contributed by atoms with van der Waals surface area (Å²) in [5.74, 6) is -2.02. The first-order valence-electron chi connectivity index (χ1n) is 3.81. The van der Waals surface area contributed by atoms with E-state index in [2.05, 4.69) is 0 Å². The molecular formula is C9H2ClF2IN2. The SMILES string of the molecule is N#Cc1cc2c(Cl)cc(F)c(F)c2n1I. The Morgan fingerprint density at radius 1 is 1.40 bits per heavy atom. The van der Waals surface area contributed by atoms with Crippen molar-refractivity contribution in [1.29, 1.82) is 5.26 Å². The Kier molecular flexibility index (Phi) is 2.56. The van der Waals surface area contributed by atoms with E-state index < -0.39 is 11.6 Å². The molecule has 0 radical (unpaired) electrons. The first kappa shape index (κ1) is 10.6. The fourth-order valence-corrected chi connectivity index (χ4v) is 2.27. The van der Waals surface area contributed by atoms with E-state index in [0.717, 1.165) is 6.07 Å². The van der Waals surface area contributed by atoms with Gasteiger partial charge in [-0.05, 0) is 12.1 Å². The van der Waals surface area contributed by atoms with Crippen molar-refractivity contribution < 1.29 is 8.78 Å². The second kappa shape index (κ2) is 3.61. The van der Waals surface area contributed by atoms with E-state index in [-0.39, 0.29) is 16.2 Å². The number of halogens is 4. The van der Waals surface area contributed by atoms with Crippen LogP contribution < -0.4 is 0 Å². The van der Waals surface area contributed by atoms with E-state index in [0.29, 0.717) is 5.39 Å². The number of rotatable bonds is 0. The number of hydrogen-bond acceptors (Lipinski definition) is 1. The third kappa shape index (κ3) is 1.48. The highest BCUT2D eigenvalue weighted by Crippen LogP contribution is 2.32. The third-order valence-corrected chi connectivity index (χ3v) is 3.30. The summed E-state index contributed by atoms with van der Waals surface area (Å²) in [5.41, 5.74) is 0.217. The summed E-state index contributed by atoms with van der Waals surface area (Å²) in [4.78, 5) is 0. The van der Waals surface area contributed by atoms with Gasteiger partial charge >= 0.3 is 0 Å². The minimum Gasteiger partial charge on any atom is -0.270 e. The normalized spacial score (nSPS) is 10.6. The van der Waals surface area contributed by atoms with Crippen molar-refractivity contribution in [2.24, 2.45) is 0 Å². The van der Waals surface area contributed by atoms with E-state index in [4.69, 9.17) is 16.9 Å². The summed E-state index contributed by atoms with van der Waals surface area (Å²) < 4.78 is 27.7. The molecule has 0 N–H and O–H groups in total.